The summed E-state index contributed by atoms with van der Waals surface area (Å²) < 4.78 is 0. The van der Waals surface area contributed by atoms with E-state index in [9.17, 15) is 4.79 Å². The lowest BCUT2D eigenvalue weighted by Gasteiger charge is -2.21. The molecule has 0 saturated carbocycles. The van der Waals surface area contributed by atoms with Crippen molar-refractivity contribution in [2.45, 2.75) is 26.8 Å². The number of nitrogens with one attached hydrogen (secondary N) is 1. The zero-order valence-corrected chi connectivity index (χ0v) is 10.4. The fourth-order valence-corrected chi connectivity index (χ4v) is 1.76. The third-order valence-corrected chi connectivity index (χ3v) is 2.77. The number of aliphatic carboxylic acids is 1. The summed E-state index contributed by atoms with van der Waals surface area (Å²) in [7, 11) is 0. The van der Waals surface area contributed by atoms with Crippen LogP contribution in [-0.2, 0) is 4.79 Å². The average molecular weight is 242 g/mol. The molecule has 16 heavy (non-hydrogen) atoms. The van der Waals surface area contributed by atoms with Gasteiger partial charge in [0.05, 0.1) is 10.7 Å². The van der Waals surface area contributed by atoms with Gasteiger partial charge in [-0.3, -0.25) is 0 Å². The summed E-state index contributed by atoms with van der Waals surface area (Å²) in [6.45, 7) is 5.61. The third kappa shape index (κ3) is 2.89. The van der Waals surface area contributed by atoms with Gasteiger partial charge in [0.2, 0.25) is 0 Å². The van der Waals surface area contributed by atoms with Gasteiger partial charge in [-0.2, -0.15) is 0 Å². The van der Waals surface area contributed by atoms with E-state index in [1.807, 2.05) is 32.9 Å². The molecule has 1 unspecified atom stereocenters. The topological polar surface area (TPSA) is 49.3 Å². The molecule has 4 heteroatoms. The van der Waals surface area contributed by atoms with Gasteiger partial charge in [-0.1, -0.05) is 37.6 Å². The highest BCUT2D eigenvalue weighted by Crippen LogP contribution is 2.27. The summed E-state index contributed by atoms with van der Waals surface area (Å²) >= 11 is 6.03. The summed E-state index contributed by atoms with van der Waals surface area (Å²) in [4.78, 5) is 11.1. The maximum absolute atomic E-state index is 11.1. The molecule has 0 amide bonds. The van der Waals surface area contributed by atoms with Crippen LogP contribution >= 0.6 is 11.6 Å². The van der Waals surface area contributed by atoms with Crippen LogP contribution in [-0.4, -0.2) is 17.1 Å². The van der Waals surface area contributed by atoms with Crippen molar-refractivity contribution < 1.29 is 9.90 Å². The zero-order valence-electron chi connectivity index (χ0n) is 9.62. The largest absolute Gasteiger partial charge is 0.480 e. The molecular weight excluding hydrogens is 226 g/mol. The Hall–Kier alpha value is -1.22. The first kappa shape index (κ1) is 12.8. The molecule has 0 aromatic heterocycles. The van der Waals surface area contributed by atoms with Gasteiger partial charge in [-0.05, 0) is 24.5 Å². The van der Waals surface area contributed by atoms with E-state index in [0.29, 0.717) is 10.7 Å². The Bertz CT molecular complexity index is 370. The first-order chi connectivity index (χ1) is 7.43. The summed E-state index contributed by atoms with van der Waals surface area (Å²) in [6.07, 6.45) is 0. The minimum Gasteiger partial charge on any atom is -0.480 e. The van der Waals surface area contributed by atoms with Gasteiger partial charge in [0.1, 0.15) is 6.04 Å². The van der Waals surface area contributed by atoms with Crippen LogP contribution in [0, 0.1) is 12.8 Å². The smallest absolute Gasteiger partial charge is 0.326 e. The lowest BCUT2D eigenvalue weighted by molar-refractivity contribution is -0.138. The fraction of sp³-hybridized carbons (Fsp3) is 0.417. The quantitative estimate of drug-likeness (QED) is 0.851. The van der Waals surface area contributed by atoms with Crippen molar-refractivity contribution in [2.24, 2.45) is 5.92 Å². The van der Waals surface area contributed by atoms with E-state index in [1.54, 1.807) is 6.07 Å². The van der Waals surface area contributed by atoms with Gasteiger partial charge in [0, 0.05) is 0 Å². The van der Waals surface area contributed by atoms with E-state index in [0.717, 1.165) is 5.56 Å². The Morgan fingerprint density at radius 3 is 2.50 bits per heavy atom. The number of carboxylic acids is 1. The van der Waals surface area contributed by atoms with Crippen LogP contribution in [0.25, 0.3) is 0 Å². The molecule has 0 fully saturated rings. The van der Waals surface area contributed by atoms with E-state index in [1.165, 1.54) is 0 Å². The van der Waals surface area contributed by atoms with E-state index >= 15 is 0 Å². The second-order valence-corrected chi connectivity index (χ2v) is 4.54. The average Bonchev–Trinajstić information content (AvgIpc) is 2.15. The van der Waals surface area contributed by atoms with Gasteiger partial charge < -0.3 is 10.4 Å². The Morgan fingerprint density at radius 1 is 1.44 bits per heavy atom. The maximum Gasteiger partial charge on any atom is 0.326 e. The van der Waals surface area contributed by atoms with Crippen molar-refractivity contribution in [1.29, 1.82) is 0 Å². The molecule has 2 N–H and O–H groups in total. The highest BCUT2D eigenvalue weighted by atomic mass is 35.5. The minimum atomic E-state index is -0.866. The van der Waals surface area contributed by atoms with Crippen molar-refractivity contribution in [3.8, 4) is 0 Å². The number of benzene rings is 1. The molecule has 0 heterocycles. The summed E-state index contributed by atoms with van der Waals surface area (Å²) in [6, 6.07) is 4.86. The SMILES string of the molecule is Cc1cccc(Cl)c1NC(C(=O)O)C(C)C. The van der Waals surface area contributed by atoms with Gasteiger partial charge in [-0.25, -0.2) is 4.79 Å². The number of para-hydroxylation sites is 1. The molecule has 0 saturated heterocycles. The van der Waals surface area contributed by atoms with E-state index in [-0.39, 0.29) is 5.92 Å². The number of rotatable bonds is 4. The number of aryl methyl sites for hydroxylation is 1. The summed E-state index contributed by atoms with van der Waals surface area (Å²) in [5.74, 6) is -0.873. The van der Waals surface area contributed by atoms with E-state index in [2.05, 4.69) is 5.32 Å². The molecule has 0 radical (unpaired) electrons. The molecular formula is C12H16ClNO2. The van der Waals surface area contributed by atoms with Gasteiger partial charge in [0.25, 0.3) is 0 Å². The minimum absolute atomic E-state index is 0.00632. The van der Waals surface area contributed by atoms with E-state index in [4.69, 9.17) is 16.7 Å². The number of anilines is 1. The number of hydrogen-bond donors (Lipinski definition) is 2. The monoisotopic (exact) mass is 241 g/mol. The van der Waals surface area contributed by atoms with Crippen molar-refractivity contribution in [3.05, 3.63) is 28.8 Å². The molecule has 0 bridgehead atoms. The van der Waals surface area contributed by atoms with Crippen LogP contribution in [0.4, 0.5) is 5.69 Å². The molecule has 3 nitrogen and oxygen atoms in total. The van der Waals surface area contributed by atoms with Crippen molar-refractivity contribution >= 4 is 23.3 Å². The fourth-order valence-electron chi connectivity index (χ4n) is 1.48. The van der Waals surface area contributed by atoms with Crippen molar-refractivity contribution in [3.63, 3.8) is 0 Å². The predicted molar refractivity (Wildman–Crippen MR) is 66.1 cm³/mol. The van der Waals surface area contributed by atoms with Gasteiger partial charge >= 0.3 is 5.97 Å². The Labute approximate surface area is 100 Å². The number of carbonyl (C=O) groups is 1. The Kier molecular flexibility index (Phi) is 4.19. The molecule has 0 aliphatic rings. The lowest BCUT2D eigenvalue weighted by atomic mass is 10.0. The maximum atomic E-state index is 11.1. The highest BCUT2D eigenvalue weighted by molar-refractivity contribution is 6.33. The predicted octanol–water partition coefficient (Wildman–Crippen LogP) is 3.17. The van der Waals surface area contributed by atoms with Crippen LogP contribution in [0.15, 0.2) is 18.2 Å². The lowest BCUT2D eigenvalue weighted by Crippen LogP contribution is -2.34. The summed E-state index contributed by atoms with van der Waals surface area (Å²) in [5.41, 5.74) is 1.64. The molecule has 0 aliphatic heterocycles. The summed E-state index contributed by atoms with van der Waals surface area (Å²) in [5, 5.41) is 12.6. The Balaban J connectivity index is 2.98. The van der Waals surface area contributed by atoms with Crippen molar-refractivity contribution in [1.82, 2.24) is 0 Å². The third-order valence-electron chi connectivity index (χ3n) is 2.45. The molecule has 0 aliphatic carbocycles. The Morgan fingerprint density at radius 2 is 2.06 bits per heavy atom. The number of carboxylic acid groups (broad SMARTS) is 1. The molecule has 88 valence electrons. The standard InChI is InChI=1S/C12H16ClNO2/c1-7(2)10(12(15)16)14-11-8(3)5-4-6-9(11)13/h4-7,10,14H,1-3H3,(H,15,16). The number of hydrogen-bond acceptors (Lipinski definition) is 2. The second kappa shape index (κ2) is 5.21. The van der Waals surface area contributed by atoms with Crippen LogP contribution in [0.2, 0.25) is 5.02 Å². The number of halogens is 1. The first-order valence-corrected chi connectivity index (χ1v) is 5.55. The van der Waals surface area contributed by atoms with Crippen LogP contribution in [0.1, 0.15) is 19.4 Å². The second-order valence-electron chi connectivity index (χ2n) is 4.14. The first-order valence-electron chi connectivity index (χ1n) is 5.18. The van der Waals surface area contributed by atoms with Crippen molar-refractivity contribution in [2.75, 3.05) is 5.32 Å². The molecule has 1 rings (SSSR count). The van der Waals surface area contributed by atoms with E-state index < -0.39 is 12.0 Å². The highest BCUT2D eigenvalue weighted by Gasteiger charge is 2.22. The van der Waals surface area contributed by atoms with Crippen LogP contribution < -0.4 is 5.32 Å². The van der Waals surface area contributed by atoms with Crippen LogP contribution in [0.5, 0.6) is 0 Å². The molecule has 0 spiro atoms. The molecule has 1 aromatic carbocycles. The van der Waals surface area contributed by atoms with Gasteiger partial charge in [0.15, 0.2) is 0 Å². The van der Waals surface area contributed by atoms with Gasteiger partial charge in [-0.15, -0.1) is 0 Å². The molecule has 1 aromatic rings. The van der Waals surface area contributed by atoms with Crippen LogP contribution in [0.3, 0.4) is 0 Å². The normalized spacial score (nSPS) is 12.6. The molecule has 1 atom stereocenters. The zero-order chi connectivity index (χ0) is 12.3.